The van der Waals surface area contributed by atoms with E-state index in [2.05, 4.69) is 20.5 Å². The normalized spacial score (nSPS) is 11.6. The number of hydrogen-bond donors (Lipinski definition) is 3. The maximum atomic E-state index is 12.5. The first-order valence-corrected chi connectivity index (χ1v) is 9.79. The summed E-state index contributed by atoms with van der Waals surface area (Å²) in [5.74, 6) is 0.156. The molecule has 7 nitrogen and oxygen atoms in total. The minimum absolute atomic E-state index is 0.144. The molecule has 0 fully saturated rings. The Hall–Kier alpha value is -3.45. The van der Waals surface area contributed by atoms with Gasteiger partial charge in [-0.25, -0.2) is 9.97 Å². The second-order valence-electron chi connectivity index (χ2n) is 8.02. The second-order valence-corrected chi connectivity index (χ2v) is 8.42. The highest BCUT2D eigenvalue weighted by molar-refractivity contribution is 6.35. The minimum Gasteiger partial charge on any atom is -0.381 e. The Balaban J connectivity index is 1.93. The molecule has 0 atom stereocenters. The summed E-state index contributed by atoms with van der Waals surface area (Å²) in [4.78, 5) is 21.8. The number of hydrogen-bond acceptors (Lipinski definition) is 5. The summed E-state index contributed by atoms with van der Waals surface area (Å²) in [5, 5.41) is 11.1. The van der Waals surface area contributed by atoms with Crippen molar-refractivity contribution in [1.29, 1.82) is 0 Å². The van der Waals surface area contributed by atoms with Gasteiger partial charge in [-0.3, -0.25) is 9.89 Å². The van der Waals surface area contributed by atoms with Crippen molar-refractivity contribution < 1.29 is 4.79 Å². The number of nitrogens with one attached hydrogen (secondary N) is 2. The number of nitrogens with zero attached hydrogens (tertiary/aromatic N) is 3. The standard InChI is InChI=1S/C22H21ClN6O/c1-22(2,3)21(30)28-20-19(24)26-17(12-7-5-4-6-8-12)18(27-20)13-9-14-11-25-29-16(14)15(23)10-13/h4-11H,1-3H3,(H2,24,26)(H,25,29)(H,27,28,30). The first-order valence-electron chi connectivity index (χ1n) is 9.41. The van der Waals surface area contributed by atoms with E-state index in [1.54, 1.807) is 12.3 Å². The number of carbonyl (C=O) groups is 1. The number of benzene rings is 2. The van der Waals surface area contributed by atoms with Crippen molar-refractivity contribution in [2.45, 2.75) is 20.8 Å². The van der Waals surface area contributed by atoms with E-state index < -0.39 is 5.41 Å². The van der Waals surface area contributed by atoms with Crippen molar-refractivity contribution in [2.75, 3.05) is 11.1 Å². The number of fused-ring (bicyclic) bond motifs is 1. The lowest BCUT2D eigenvalue weighted by molar-refractivity contribution is -0.123. The van der Waals surface area contributed by atoms with Crippen LogP contribution in [0, 0.1) is 5.41 Å². The summed E-state index contributed by atoms with van der Waals surface area (Å²) in [6.45, 7) is 5.45. The number of rotatable bonds is 3. The molecule has 2 aromatic carbocycles. The van der Waals surface area contributed by atoms with Crippen LogP contribution >= 0.6 is 11.6 Å². The first kappa shape index (κ1) is 19.8. The van der Waals surface area contributed by atoms with Crippen LogP contribution in [-0.4, -0.2) is 26.1 Å². The zero-order valence-corrected chi connectivity index (χ0v) is 17.6. The number of halogens is 1. The van der Waals surface area contributed by atoms with Gasteiger partial charge in [0.25, 0.3) is 0 Å². The number of amides is 1. The summed E-state index contributed by atoms with van der Waals surface area (Å²) in [6, 6.07) is 13.3. The van der Waals surface area contributed by atoms with E-state index in [4.69, 9.17) is 22.3 Å². The Labute approximate surface area is 178 Å². The van der Waals surface area contributed by atoms with E-state index in [-0.39, 0.29) is 17.5 Å². The highest BCUT2D eigenvalue weighted by atomic mass is 35.5. The molecule has 0 unspecified atom stereocenters. The fourth-order valence-electron chi connectivity index (χ4n) is 2.98. The van der Waals surface area contributed by atoms with Gasteiger partial charge in [0.1, 0.15) is 0 Å². The summed E-state index contributed by atoms with van der Waals surface area (Å²) in [7, 11) is 0. The van der Waals surface area contributed by atoms with Gasteiger partial charge in [-0.15, -0.1) is 0 Å². The van der Waals surface area contributed by atoms with Crippen molar-refractivity contribution in [1.82, 2.24) is 20.2 Å². The van der Waals surface area contributed by atoms with Gasteiger partial charge in [0.05, 0.1) is 28.1 Å². The highest BCUT2D eigenvalue weighted by Gasteiger charge is 2.24. The fourth-order valence-corrected chi connectivity index (χ4v) is 3.25. The van der Waals surface area contributed by atoms with Crippen molar-refractivity contribution in [3.05, 3.63) is 53.7 Å². The molecule has 8 heteroatoms. The van der Waals surface area contributed by atoms with Crippen LogP contribution in [0.3, 0.4) is 0 Å². The Morgan fingerprint density at radius 1 is 1.07 bits per heavy atom. The predicted molar refractivity (Wildman–Crippen MR) is 120 cm³/mol. The molecule has 2 heterocycles. The quantitative estimate of drug-likeness (QED) is 0.436. The lowest BCUT2D eigenvalue weighted by Gasteiger charge is -2.19. The number of aromatic amines is 1. The van der Waals surface area contributed by atoms with Crippen LogP contribution in [-0.2, 0) is 4.79 Å². The summed E-state index contributed by atoms with van der Waals surface area (Å²) in [5.41, 5.74) is 9.06. The monoisotopic (exact) mass is 420 g/mol. The van der Waals surface area contributed by atoms with Crippen LogP contribution in [0.1, 0.15) is 20.8 Å². The number of carbonyl (C=O) groups excluding carboxylic acids is 1. The van der Waals surface area contributed by atoms with Gasteiger partial charge >= 0.3 is 0 Å². The number of nitrogens with two attached hydrogens (primary N) is 1. The molecule has 2 aromatic heterocycles. The molecule has 0 saturated carbocycles. The summed E-state index contributed by atoms with van der Waals surface area (Å²) >= 11 is 6.45. The molecule has 0 bridgehead atoms. The molecule has 4 rings (SSSR count). The van der Waals surface area contributed by atoms with Gasteiger partial charge in [0, 0.05) is 21.9 Å². The van der Waals surface area contributed by atoms with Crippen LogP contribution in [0.5, 0.6) is 0 Å². The largest absolute Gasteiger partial charge is 0.381 e. The molecule has 30 heavy (non-hydrogen) atoms. The Morgan fingerprint density at radius 2 is 1.77 bits per heavy atom. The molecule has 0 aliphatic heterocycles. The molecule has 4 aromatic rings. The van der Waals surface area contributed by atoms with Gasteiger partial charge < -0.3 is 11.1 Å². The lowest BCUT2D eigenvalue weighted by Crippen LogP contribution is -2.28. The van der Waals surface area contributed by atoms with E-state index in [1.807, 2.05) is 57.2 Å². The van der Waals surface area contributed by atoms with Crippen LogP contribution in [0.15, 0.2) is 48.7 Å². The molecule has 0 aliphatic rings. The van der Waals surface area contributed by atoms with Gasteiger partial charge in [-0.05, 0) is 12.1 Å². The second kappa shape index (κ2) is 7.42. The van der Waals surface area contributed by atoms with E-state index in [0.29, 0.717) is 16.4 Å². The third-order valence-electron chi connectivity index (χ3n) is 4.66. The average Bonchev–Trinajstić information content (AvgIpc) is 3.18. The average molecular weight is 421 g/mol. The maximum Gasteiger partial charge on any atom is 0.231 e. The van der Waals surface area contributed by atoms with Crippen LogP contribution < -0.4 is 11.1 Å². The molecule has 0 spiro atoms. The number of aromatic nitrogens is 4. The Morgan fingerprint density at radius 3 is 2.47 bits per heavy atom. The predicted octanol–water partition coefficient (Wildman–Crippen LogP) is 4.91. The summed E-state index contributed by atoms with van der Waals surface area (Å²) < 4.78 is 0. The number of nitrogen functional groups attached to an aromatic ring is 1. The minimum atomic E-state index is -0.606. The number of anilines is 2. The van der Waals surface area contributed by atoms with E-state index in [1.165, 1.54) is 0 Å². The van der Waals surface area contributed by atoms with Crippen molar-refractivity contribution >= 4 is 40.0 Å². The van der Waals surface area contributed by atoms with Crippen molar-refractivity contribution in [3.63, 3.8) is 0 Å². The highest BCUT2D eigenvalue weighted by Crippen LogP contribution is 2.36. The summed E-state index contributed by atoms with van der Waals surface area (Å²) in [6.07, 6.45) is 1.69. The van der Waals surface area contributed by atoms with Crippen LogP contribution in [0.2, 0.25) is 5.02 Å². The zero-order valence-electron chi connectivity index (χ0n) is 16.8. The molecule has 152 valence electrons. The van der Waals surface area contributed by atoms with Crippen molar-refractivity contribution in [3.8, 4) is 22.5 Å². The van der Waals surface area contributed by atoms with Gasteiger partial charge in [-0.1, -0.05) is 62.7 Å². The van der Waals surface area contributed by atoms with Gasteiger partial charge in [0.15, 0.2) is 11.6 Å². The SMILES string of the molecule is CC(C)(C)C(=O)Nc1nc(-c2cc(Cl)c3[nH]ncc3c2)c(-c2ccccc2)nc1N. The lowest BCUT2D eigenvalue weighted by atomic mass is 9.96. The third kappa shape index (κ3) is 3.71. The van der Waals surface area contributed by atoms with E-state index >= 15 is 0 Å². The molecule has 4 N–H and O–H groups in total. The van der Waals surface area contributed by atoms with E-state index in [0.717, 1.165) is 22.0 Å². The zero-order chi connectivity index (χ0) is 21.5. The Bertz CT molecular complexity index is 1240. The van der Waals surface area contributed by atoms with E-state index in [9.17, 15) is 4.79 Å². The molecular weight excluding hydrogens is 400 g/mol. The maximum absolute atomic E-state index is 12.5. The van der Waals surface area contributed by atoms with Gasteiger partial charge in [-0.2, -0.15) is 5.10 Å². The Kier molecular flexibility index (Phi) is 4.91. The molecule has 1 amide bonds. The topological polar surface area (TPSA) is 110 Å². The van der Waals surface area contributed by atoms with Crippen molar-refractivity contribution in [2.24, 2.45) is 5.41 Å². The van der Waals surface area contributed by atoms with Crippen LogP contribution in [0.25, 0.3) is 33.4 Å². The first-order chi connectivity index (χ1) is 14.2. The van der Waals surface area contributed by atoms with Gasteiger partial charge in [0.2, 0.25) is 5.91 Å². The third-order valence-corrected chi connectivity index (χ3v) is 4.96. The van der Waals surface area contributed by atoms with Crippen LogP contribution in [0.4, 0.5) is 11.6 Å². The number of H-pyrrole nitrogens is 1. The molecular formula is C22H21ClN6O. The fraction of sp³-hybridized carbons (Fsp3) is 0.182. The molecule has 0 radical (unpaired) electrons. The molecule has 0 aliphatic carbocycles. The smallest absolute Gasteiger partial charge is 0.231 e. The molecule has 0 saturated heterocycles.